The summed E-state index contributed by atoms with van der Waals surface area (Å²) in [6.07, 6.45) is -1.73. The third kappa shape index (κ3) is 3.90. The quantitative estimate of drug-likeness (QED) is 0.630. The molecule has 0 aliphatic rings. The van der Waals surface area contributed by atoms with Gasteiger partial charge in [-0.2, -0.15) is 13.2 Å². The van der Waals surface area contributed by atoms with Crippen molar-refractivity contribution < 1.29 is 27.1 Å². The van der Waals surface area contributed by atoms with E-state index < -0.39 is 29.7 Å². The number of carbonyl (C=O) groups is 1. The van der Waals surface area contributed by atoms with Gasteiger partial charge in [-0.25, -0.2) is 0 Å². The molecule has 4 nitrogen and oxygen atoms in total. The zero-order valence-corrected chi connectivity index (χ0v) is 13.5. The van der Waals surface area contributed by atoms with E-state index in [2.05, 4.69) is 0 Å². The fourth-order valence-corrected chi connectivity index (χ4v) is 2.54. The molecule has 2 aromatic rings. The summed E-state index contributed by atoms with van der Waals surface area (Å²) in [5.74, 6) is -1.67. The predicted molar refractivity (Wildman–Crippen MR) is 83.5 cm³/mol. The first-order chi connectivity index (χ1) is 11.3. The molecule has 0 aliphatic carbocycles. The Kier molecular flexibility index (Phi) is 5.54. The lowest BCUT2D eigenvalue weighted by atomic mass is 9.90. The van der Waals surface area contributed by atoms with Gasteiger partial charge in [-0.1, -0.05) is 13.3 Å². The van der Waals surface area contributed by atoms with E-state index in [9.17, 15) is 18.0 Å². The summed E-state index contributed by atoms with van der Waals surface area (Å²) >= 11 is 0. The number of carbonyl (C=O) groups excluding carboxylic acids is 1. The number of rotatable bonds is 6. The van der Waals surface area contributed by atoms with Crippen LogP contribution in [0.25, 0.3) is 11.0 Å². The van der Waals surface area contributed by atoms with Gasteiger partial charge < -0.3 is 14.9 Å². The van der Waals surface area contributed by atoms with Gasteiger partial charge >= 0.3 is 12.1 Å². The lowest BCUT2D eigenvalue weighted by Crippen LogP contribution is -2.32. The van der Waals surface area contributed by atoms with Crippen LogP contribution in [-0.2, 0) is 15.7 Å². The minimum atomic E-state index is -4.53. The molecule has 0 fully saturated rings. The molecule has 24 heavy (non-hydrogen) atoms. The number of unbranched alkanes of at least 4 members (excludes halogenated alkanes) is 1. The fraction of sp³-hybridized carbons (Fsp3) is 0.471. The second-order valence-corrected chi connectivity index (χ2v) is 5.76. The summed E-state index contributed by atoms with van der Waals surface area (Å²) in [4.78, 5) is 12.4. The molecule has 2 unspecified atom stereocenters. The van der Waals surface area contributed by atoms with Crippen LogP contribution < -0.4 is 5.73 Å². The van der Waals surface area contributed by atoms with Crippen molar-refractivity contribution in [3.8, 4) is 0 Å². The molecule has 2 N–H and O–H groups in total. The third-order valence-electron chi connectivity index (χ3n) is 3.76. The van der Waals surface area contributed by atoms with E-state index in [4.69, 9.17) is 14.9 Å². The van der Waals surface area contributed by atoms with Gasteiger partial charge in [-0.15, -0.1) is 0 Å². The minimum Gasteiger partial charge on any atom is -0.465 e. The van der Waals surface area contributed by atoms with E-state index in [1.165, 1.54) is 12.3 Å². The van der Waals surface area contributed by atoms with Crippen molar-refractivity contribution in [2.24, 2.45) is 5.73 Å². The largest absolute Gasteiger partial charge is 0.465 e. The van der Waals surface area contributed by atoms with Crippen LogP contribution in [0.5, 0.6) is 0 Å². The highest BCUT2D eigenvalue weighted by Gasteiger charge is 2.35. The Morgan fingerprint density at radius 1 is 1.38 bits per heavy atom. The molecule has 0 saturated carbocycles. The average molecular weight is 343 g/mol. The lowest BCUT2D eigenvalue weighted by molar-refractivity contribution is -0.146. The van der Waals surface area contributed by atoms with E-state index in [1.54, 1.807) is 6.92 Å². The van der Waals surface area contributed by atoms with Crippen LogP contribution in [-0.4, -0.2) is 18.6 Å². The first-order valence-corrected chi connectivity index (χ1v) is 7.76. The summed E-state index contributed by atoms with van der Waals surface area (Å²) in [6, 6.07) is 2.61. The molecule has 0 amide bonds. The van der Waals surface area contributed by atoms with Crippen LogP contribution in [0, 0.1) is 0 Å². The molecule has 0 aliphatic heterocycles. The van der Waals surface area contributed by atoms with Crippen LogP contribution in [0.2, 0.25) is 0 Å². The number of ether oxygens (including phenoxy) is 1. The topological polar surface area (TPSA) is 65.5 Å². The third-order valence-corrected chi connectivity index (χ3v) is 3.76. The average Bonchev–Trinajstić information content (AvgIpc) is 2.94. The molecule has 0 saturated heterocycles. The van der Waals surface area contributed by atoms with E-state index in [-0.39, 0.29) is 23.1 Å². The summed E-state index contributed by atoms with van der Waals surface area (Å²) in [5.41, 5.74) is 5.34. The number of fused-ring (bicyclic) bond motifs is 1. The Morgan fingerprint density at radius 2 is 2.08 bits per heavy atom. The van der Waals surface area contributed by atoms with Crippen molar-refractivity contribution in [2.75, 3.05) is 6.61 Å². The molecule has 1 aromatic heterocycles. The van der Waals surface area contributed by atoms with Gasteiger partial charge in [0.15, 0.2) is 0 Å². The SMILES string of the molecule is CCCCOC(=O)C(c1cc(C(F)(F)F)cc2ccoc12)C(C)N. The number of esters is 1. The zero-order valence-electron chi connectivity index (χ0n) is 13.5. The molecule has 1 heterocycles. The van der Waals surface area contributed by atoms with Gasteiger partial charge in [0.1, 0.15) is 11.5 Å². The van der Waals surface area contributed by atoms with Crippen LogP contribution in [0.3, 0.4) is 0 Å². The van der Waals surface area contributed by atoms with Crippen molar-refractivity contribution >= 4 is 16.9 Å². The molecule has 1 aromatic carbocycles. The van der Waals surface area contributed by atoms with Gasteiger partial charge in [-0.05, 0) is 31.5 Å². The number of hydrogen-bond acceptors (Lipinski definition) is 4. The van der Waals surface area contributed by atoms with Crippen LogP contribution >= 0.6 is 0 Å². The maximum atomic E-state index is 13.1. The monoisotopic (exact) mass is 343 g/mol. The van der Waals surface area contributed by atoms with Crippen LogP contribution in [0.1, 0.15) is 43.7 Å². The highest BCUT2D eigenvalue weighted by molar-refractivity contribution is 5.89. The first-order valence-electron chi connectivity index (χ1n) is 7.76. The normalized spacial score (nSPS) is 14.6. The summed E-state index contributed by atoms with van der Waals surface area (Å²) < 4.78 is 49.9. The summed E-state index contributed by atoms with van der Waals surface area (Å²) in [6.45, 7) is 3.70. The summed E-state index contributed by atoms with van der Waals surface area (Å²) in [7, 11) is 0. The number of benzene rings is 1. The van der Waals surface area contributed by atoms with Gasteiger partial charge in [-0.3, -0.25) is 4.79 Å². The summed E-state index contributed by atoms with van der Waals surface area (Å²) in [5, 5.41) is 0.270. The Labute approximate surface area is 137 Å². The number of alkyl halides is 3. The Bertz CT molecular complexity index is 707. The number of halogens is 3. The van der Waals surface area contributed by atoms with E-state index in [0.29, 0.717) is 6.42 Å². The second kappa shape index (κ2) is 7.25. The van der Waals surface area contributed by atoms with Crippen molar-refractivity contribution in [3.05, 3.63) is 35.6 Å². The Hall–Kier alpha value is -2.02. The van der Waals surface area contributed by atoms with Gasteiger partial charge in [0.2, 0.25) is 0 Å². The van der Waals surface area contributed by atoms with Crippen molar-refractivity contribution in [1.82, 2.24) is 0 Å². The Balaban J connectivity index is 2.49. The van der Waals surface area contributed by atoms with Gasteiger partial charge in [0.05, 0.1) is 18.4 Å². The standard InChI is InChI=1S/C17H20F3NO3/c1-3-4-6-24-16(22)14(10(2)21)13-9-12(17(18,19)20)8-11-5-7-23-15(11)13/h5,7-10,14H,3-4,6,21H2,1-2H3. The molecule has 0 bridgehead atoms. The predicted octanol–water partition coefficient (Wildman–Crippen LogP) is 4.23. The number of hydrogen-bond donors (Lipinski definition) is 1. The highest BCUT2D eigenvalue weighted by atomic mass is 19.4. The molecular formula is C17H20F3NO3. The van der Waals surface area contributed by atoms with Gasteiger partial charge in [0, 0.05) is 17.0 Å². The van der Waals surface area contributed by atoms with E-state index in [0.717, 1.165) is 18.6 Å². The molecule has 2 rings (SSSR count). The molecule has 132 valence electrons. The van der Waals surface area contributed by atoms with Gasteiger partial charge in [0.25, 0.3) is 0 Å². The molecule has 0 spiro atoms. The molecule has 7 heteroatoms. The van der Waals surface area contributed by atoms with Crippen LogP contribution in [0.15, 0.2) is 28.9 Å². The van der Waals surface area contributed by atoms with E-state index in [1.807, 2.05) is 6.92 Å². The fourth-order valence-electron chi connectivity index (χ4n) is 2.54. The number of nitrogens with two attached hydrogens (primary N) is 1. The maximum Gasteiger partial charge on any atom is 0.416 e. The second-order valence-electron chi connectivity index (χ2n) is 5.76. The highest BCUT2D eigenvalue weighted by Crippen LogP contribution is 2.37. The van der Waals surface area contributed by atoms with Crippen molar-refractivity contribution in [3.63, 3.8) is 0 Å². The molecular weight excluding hydrogens is 323 g/mol. The molecule has 2 atom stereocenters. The van der Waals surface area contributed by atoms with Crippen molar-refractivity contribution in [1.29, 1.82) is 0 Å². The van der Waals surface area contributed by atoms with E-state index >= 15 is 0 Å². The van der Waals surface area contributed by atoms with Crippen molar-refractivity contribution in [2.45, 2.75) is 44.8 Å². The van der Waals surface area contributed by atoms with Crippen LogP contribution in [0.4, 0.5) is 13.2 Å². The maximum absolute atomic E-state index is 13.1. The number of furan rings is 1. The minimum absolute atomic E-state index is 0.0984. The molecule has 0 radical (unpaired) electrons. The lowest BCUT2D eigenvalue weighted by Gasteiger charge is -2.21. The smallest absolute Gasteiger partial charge is 0.416 e. The Morgan fingerprint density at radius 3 is 2.67 bits per heavy atom. The zero-order chi connectivity index (χ0) is 17.9. The first kappa shape index (κ1) is 18.3.